The Bertz CT molecular complexity index is 470. The molecule has 0 saturated heterocycles. The zero-order chi connectivity index (χ0) is 13.3. The van der Waals surface area contributed by atoms with Crippen LogP contribution in [0.1, 0.15) is 56.1 Å². The van der Waals surface area contributed by atoms with Gasteiger partial charge in [-0.3, -0.25) is 4.79 Å². The first kappa shape index (κ1) is 12.7. The van der Waals surface area contributed by atoms with Gasteiger partial charge in [0.25, 0.3) is 0 Å². The van der Waals surface area contributed by atoms with Gasteiger partial charge in [-0.2, -0.15) is 0 Å². The molecule has 19 heavy (non-hydrogen) atoms. The Morgan fingerprint density at radius 1 is 1.21 bits per heavy atom. The van der Waals surface area contributed by atoms with Crippen LogP contribution in [0, 0.1) is 5.92 Å². The number of benzene rings is 1. The van der Waals surface area contributed by atoms with E-state index in [2.05, 4.69) is 24.3 Å². The quantitative estimate of drug-likeness (QED) is 0.872. The van der Waals surface area contributed by atoms with Gasteiger partial charge in [0, 0.05) is 6.42 Å². The number of carboxylic acids is 1. The highest BCUT2D eigenvalue weighted by atomic mass is 16.4. The van der Waals surface area contributed by atoms with Gasteiger partial charge in [0.05, 0.1) is 0 Å². The average Bonchev–Trinajstić information content (AvgIpc) is 2.42. The maximum Gasteiger partial charge on any atom is 0.303 e. The lowest BCUT2D eigenvalue weighted by Crippen LogP contribution is -2.35. The standard InChI is InChI=1S/C17H22O2/c18-16(19)12-13-7-10-17(11-8-13)9-3-5-14-4-1-2-6-15(14)17/h1-2,4,6,13H,3,5,7-12H2,(H,18,19). The molecule has 0 radical (unpaired) electrons. The Kier molecular flexibility index (Phi) is 3.34. The molecule has 1 spiro atoms. The lowest BCUT2D eigenvalue weighted by molar-refractivity contribution is -0.138. The number of aryl methyl sites for hydroxylation is 1. The first-order chi connectivity index (χ1) is 9.20. The van der Waals surface area contributed by atoms with Crippen LogP contribution in [-0.2, 0) is 16.6 Å². The predicted octanol–water partition coefficient (Wildman–Crippen LogP) is 3.93. The van der Waals surface area contributed by atoms with E-state index in [-0.39, 0.29) is 0 Å². The predicted molar refractivity (Wildman–Crippen MR) is 75.3 cm³/mol. The molecule has 0 aliphatic heterocycles. The Hall–Kier alpha value is -1.31. The molecular formula is C17H22O2. The smallest absolute Gasteiger partial charge is 0.303 e. The SMILES string of the molecule is O=C(O)CC1CCC2(CCCc3ccccc32)CC1. The lowest BCUT2D eigenvalue weighted by atomic mass is 9.60. The Balaban J connectivity index is 1.78. The molecule has 1 saturated carbocycles. The number of fused-ring (bicyclic) bond motifs is 2. The van der Waals surface area contributed by atoms with Crippen LogP contribution in [0.25, 0.3) is 0 Å². The van der Waals surface area contributed by atoms with Crippen LogP contribution in [-0.4, -0.2) is 11.1 Å². The molecule has 1 aromatic carbocycles. The maximum atomic E-state index is 10.8. The van der Waals surface area contributed by atoms with Gasteiger partial charge in [-0.15, -0.1) is 0 Å². The van der Waals surface area contributed by atoms with Gasteiger partial charge in [0.1, 0.15) is 0 Å². The molecule has 0 unspecified atom stereocenters. The molecule has 0 aromatic heterocycles. The molecule has 2 aliphatic rings. The second kappa shape index (κ2) is 4.99. The second-order valence-electron chi connectivity index (χ2n) is 6.33. The third-order valence-corrected chi connectivity index (χ3v) is 5.22. The van der Waals surface area contributed by atoms with E-state index >= 15 is 0 Å². The summed E-state index contributed by atoms with van der Waals surface area (Å²) in [5, 5.41) is 8.93. The molecule has 1 fully saturated rings. The summed E-state index contributed by atoms with van der Waals surface area (Å²) < 4.78 is 0. The van der Waals surface area contributed by atoms with Crippen molar-refractivity contribution in [2.45, 2.75) is 56.8 Å². The van der Waals surface area contributed by atoms with Crippen molar-refractivity contribution < 1.29 is 9.90 Å². The van der Waals surface area contributed by atoms with E-state index in [4.69, 9.17) is 5.11 Å². The minimum atomic E-state index is -0.634. The van der Waals surface area contributed by atoms with E-state index in [1.54, 1.807) is 5.56 Å². The fourth-order valence-electron chi connectivity index (χ4n) is 4.21. The summed E-state index contributed by atoms with van der Waals surface area (Å²) in [6, 6.07) is 8.90. The Morgan fingerprint density at radius 2 is 1.95 bits per heavy atom. The number of carboxylic acid groups (broad SMARTS) is 1. The molecule has 0 amide bonds. The minimum Gasteiger partial charge on any atom is -0.481 e. The van der Waals surface area contributed by atoms with Crippen molar-refractivity contribution in [3.8, 4) is 0 Å². The summed E-state index contributed by atoms with van der Waals surface area (Å²) in [7, 11) is 0. The van der Waals surface area contributed by atoms with Gasteiger partial charge in [-0.05, 0) is 67.4 Å². The fraction of sp³-hybridized carbons (Fsp3) is 0.588. The van der Waals surface area contributed by atoms with Crippen LogP contribution in [0.2, 0.25) is 0 Å². The number of rotatable bonds is 2. The van der Waals surface area contributed by atoms with Gasteiger partial charge in [0.15, 0.2) is 0 Å². The van der Waals surface area contributed by atoms with Crippen LogP contribution < -0.4 is 0 Å². The highest BCUT2D eigenvalue weighted by molar-refractivity contribution is 5.67. The third kappa shape index (κ3) is 2.41. The molecule has 0 heterocycles. The first-order valence-electron chi connectivity index (χ1n) is 7.50. The van der Waals surface area contributed by atoms with E-state index in [1.165, 1.54) is 37.7 Å². The van der Waals surface area contributed by atoms with Crippen LogP contribution in [0.3, 0.4) is 0 Å². The highest BCUT2D eigenvalue weighted by Crippen LogP contribution is 2.49. The lowest BCUT2D eigenvalue weighted by Gasteiger charge is -2.44. The number of hydrogen-bond donors (Lipinski definition) is 1. The van der Waals surface area contributed by atoms with E-state index in [0.717, 1.165) is 12.8 Å². The van der Waals surface area contributed by atoms with Gasteiger partial charge >= 0.3 is 5.97 Å². The number of aliphatic carboxylic acids is 1. The van der Waals surface area contributed by atoms with Crippen molar-refractivity contribution in [1.82, 2.24) is 0 Å². The van der Waals surface area contributed by atoms with Crippen molar-refractivity contribution in [1.29, 1.82) is 0 Å². The van der Waals surface area contributed by atoms with E-state index in [0.29, 0.717) is 17.8 Å². The molecule has 1 aromatic rings. The monoisotopic (exact) mass is 258 g/mol. The fourth-order valence-corrected chi connectivity index (χ4v) is 4.21. The molecule has 2 aliphatic carbocycles. The van der Waals surface area contributed by atoms with Gasteiger partial charge in [-0.1, -0.05) is 24.3 Å². The largest absolute Gasteiger partial charge is 0.481 e. The Morgan fingerprint density at radius 3 is 2.68 bits per heavy atom. The molecule has 0 atom stereocenters. The Labute approximate surface area is 114 Å². The van der Waals surface area contributed by atoms with Crippen LogP contribution in [0.5, 0.6) is 0 Å². The van der Waals surface area contributed by atoms with Crippen LogP contribution in [0.4, 0.5) is 0 Å². The third-order valence-electron chi connectivity index (χ3n) is 5.22. The van der Waals surface area contributed by atoms with E-state index < -0.39 is 5.97 Å². The summed E-state index contributed by atoms with van der Waals surface area (Å²) in [5.74, 6) is -0.234. The van der Waals surface area contributed by atoms with Crippen molar-refractivity contribution in [3.05, 3.63) is 35.4 Å². The van der Waals surface area contributed by atoms with Crippen LogP contribution in [0.15, 0.2) is 24.3 Å². The van der Waals surface area contributed by atoms with Gasteiger partial charge in [-0.25, -0.2) is 0 Å². The minimum absolute atomic E-state index is 0.359. The molecule has 102 valence electrons. The normalized spacial score (nSPS) is 30.0. The highest BCUT2D eigenvalue weighted by Gasteiger charge is 2.39. The van der Waals surface area contributed by atoms with Gasteiger partial charge < -0.3 is 5.11 Å². The van der Waals surface area contributed by atoms with E-state index in [1.807, 2.05) is 0 Å². The zero-order valence-corrected chi connectivity index (χ0v) is 11.4. The summed E-state index contributed by atoms with van der Waals surface area (Å²) in [6.07, 6.45) is 8.70. The first-order valence-corrected chi connectivity index (χ1v) is 7.50. The molecule has 2 nitrogen and oxygen atoms in total. The molecule has 3 rings (SSSR count). The van der Waals surface area contributed by atoms with Gasteiger partial charge in [0.2, 0.25) is 0 Å². The summed E-state index contributed by atoms with van der Waals surface area (Å²) in [4.78, 5) is 10.8. The van der Waals surface area contributed by atoms with Crippen molar-refractivity contribution in [2.24, 2.45) is 5.92 Å². The second-order valence-corrected chi connectivity index (χ2v) is 6.33. The topological polar surface area (TPSA) is 37.3 Å². The average molecular weight is 258 g/mol. The number of hydrogen-bond acceptors (Lipinski definition) is 1. The molecule has 2 heteroatoms. The van der Waals surface area contributed by atoms with Crippen molar-refractivity contribution in [2.75, 3.05) is 0 Å². The molecule has 1 N–H and O–H groups in total. The molecular weight excluding hydrogens is 236 g/mol. The zero-order valence-electron chi connectivity index (χ0n) is 11.4. The van der Waals surface area contributed by atoms with Crippen molar-refractivity contribution >= 4 is 5.97 Å². The van der Waals surface area contributed by atoms with Crippen molar-refractivity contribution in [3.63, 3.8) is 0 Å². The maximum absolute atomic E-state index is 10.8. The van der Waals surface area contributed by atoms with Crippen LogP contribution >= 0.6 is 0 Å². The summed E-state index contributed by atoms with van der Waals surface area (Å²) in [6.45, 7) is 0. The van der Waals surface area contributed by atoms with E-state index in [9.17, 15) is 4.79 Å². The summed E-state index contributed by atoms with van der Waals surface area (Å²) in [5.41, 5.74) is 3.46. The molecule has 0 bridgehead atoms. The number of carbonyl (C=O) groups is 1. The summed E-state index contributed by atoms with van der Waals surface area (Å²) >= 11 is 0.